The van der Waals surface area contributed by atoms with Crippen LogP contribution in [0.3, 0.4) is 0 Å². The fourth-order valence-corrected chi connectivity index (χ4v) is 3.51. The number of rotatable bonds is 8. The standard InChI is InChI=1S/C18H30N4O4S.HI/c1-20-18(21-14-15-4-6-17(7-5-15)27(19,23)24)22-10-8-16(9-11-22)26-13-3-12-25-2;/h4-7,16H,3,8-14H2,1-2H3,(H,20,21)(H2,19,23,24);1H. The molecule has 1 aliphatic heterocycles. The second-order valence-electron chi connectivity index (χ2n) is 6.49. The minimum absolute atomic E-state index is 0. The fourth-order valence-electron chi connectivity index (χ4n) is 3.00. The molecule has 0 bridgehead atoms. The Hall–Kier alpha value is -0.950. The number of guanidine groups is 1. The Balaban J connectivity index is 0.00000392. The van der Waals surface area contributed by atoms with Gasteiger partial charge in [-0.25, -0.2) is 13.6 Å². The molecule has 0 amide bonds. The molecule has 1 aliphatic rings. The first-order chi connectivity index (χ1) is 12.9. The smallest absolute Gasteiger partial charge is 0.238 e. The molecule has 2 rings (SSSR count). The van der Waals surface area contributed by atoms with Crippen molar-refractivity contribution in [2.24, 2.45) is 10.1 Å². The van der Waals surface area contributed by atoms with Gasteiger partial charge in [0.1, 0.15) is 0 Å². The van der Waals surface area contributed by atoms with Crippen LogP contribution in [0.25, 0.3) is 0 Å². The van der Waals surface area contributed by atoms with Crippen LogP contribution < -0.4 is 10.5 Å². The average molecular weight is 526 g/mol. The Bertz CT molecular complexity index is 705. The first-order valence-corrected chi connectivity index (χ1v) is 10.7. The Morgan fingerprint density at radius 3 is 2.43 bits per heavy atom. The third kappa shape index (κ3) is 8.19. The molecule has 1 heterocycles. The zero-order valence-corrected chi connectivity index (χ0v) is 19.6. The van der Waals surface area contributed by atoms with Gasteiger partial charge in [0.15, 0.2) is 5.96 Å². The van der Waals surface area contributed by atoms with Crippen molar-refractivity contribution in [2.45, 2.75) is 36.8 Å². The van der Waals surface area contributed by atoms with Crippen molar-refractivity contribution in [3.63, 3.8) is 0 Å². The maximum atomic E-state index is 11.3. The molecule has 1 aromatic rings. The number of primary sulfonamides is 1. The lowest BCUT2D eigenvalue weighted by molar-refractivity contribution is 0.00989. The number of nitrogens with zero attached hydrogens (tertiary/aromatic N) is 2. The molecule has 3 N–H and O–H groups in total. The van der Waals surface area contributed by atoms with Crippen molar-refractivity contribution in [1.82, 2.24) is 10.2 Å². The molecule has 0 atom stereocenters. The van der Waals surface area contributed by atoms with E-state index in [1.165, 1.54) is 12.1 Å². The summed E-state index contributed by atoms with van der Waals surface area (Å²) >= 11 is 0. The molecule has 0 saturated carbocycles. The number of likely N-dealkylation sites (tertiary alicyclic amines) is 1. The van der Waals surface area contributed by atoms with Crippen LogP contribution in [0.2, 0.25) is 0 Å². The molecule has 0 radical (unpaired) electrons. The van der Waals surface area contributed by atoms with Gasteiger partial charge in [-0.1, -0.05) is 12.1 Å². The Kier molecular flexibility index (Phi) is 11.3. The summed E-state index contributed by atoms with van der Waals surface area (Å²) in [5, 5.41) is 8.45. The molecular formula is C18H31IN4O4S. The monoisotopic (exact) mass is 526 g/mol. The van der Waals surface area contributed by atoms with Gasteiger partial charge >= 0.3 is 0 Å². The molecule has 160 valence electrons. The summed E-state index contributed by atoms with van der Waals surface area (Å²) in [6.45, 7) is 3.80. The molecule has 1 saturated heterocycles. The molecule has 1 fully saturated rings. The lowest BCUT2D eigenvalue weighted by atomic mass is 10.1. The van der Waals surface area contributed by atoms with E-state index in [0.717, 1.165) is 57.1 Å². The summed E-state index contributed by atoms with van der Waals surface area (Å²) in [6.07, 6.45) is 3.15. The van der Waals surface area contributed by atoms with Gasteiger partial charge in [-0.3, -0.25) is 4.99 Å². The number of nitrogens with one attached hydrogen (secondary N) is 1. The maximum Gasteiger partial charge on any atom is 0.238 e. The molecule has 8 nitrogen and oxygen atoms in total. The van der Waals surface area contributed by atoms with E-state index in [4.69, 9.17) is 14.6 Å². The molecule has 0 unspecified atom stereocenters. The van der Waals surface area contributed by atoms with Crippen molar-refractivity contribution >= 4 is 40.0 Å². The van der Waals surface area contributed by atoms with Gasteiger partial charge in [0.25, 0.3) is 0 Å². The minimum Gasteiger partial charge on any atom is -0.385 e. The molecule has 0 aromatic heterocycles. The van der Waals surface area contributed by atoms with Gasteiger partial charge in [0, 0.05) is 47.0 Å². The number of benzene rings is 1. The van der Waals surface area contributed by atoms with E-state index in [-0.39, 0.29) is 28.9 Å². The molecule has 0 aliphatic carbocycles. The number of nitrogens with two attached hydrogens (primary N) is 1. The van der Waals surface area contributed by atoms with Crippen molar-refractivity contribution in [1.29, 1.82) is 0 Å². The van der Waals surface area contributed by atoms with E-state index in [2.05, 4.69) is 15.2 Å². The van der Waals surface area contributed by atoms with Crippen molar-refractivity contribution in [3.05, 3.63) is 29.8 Å². The number of halogens is 1. The summed E-state index contributed by atoms with van der Waals surface area (Å²) < 4.78 is 33.5. The summed E-state index contributed by atoms with van der Waals surface area (Å²) in [4.78, 5) is 6.68. The van der Waals surface area contributed by atoms with Gasteiger partial charge < -0.3 is 19.7 Å². The fraction of sp³-hybridized carbons (Fsp3) is 0.611. The van der Waals surface area contributed by atoms with Crippen LogP contribution in [0.15, 0.2) is 34.2 Å². The van der Waals surface area contributed by atoms with Crippen molar-refractivity contribution in [2.75, 3.05) is 40.5 Å². The Morgan fingerprint density at radius 2 is 1.89 bits per heavy atom. The topological polar surface area (TPSA) is 106 Å². The number of methoxy groups -OCH3 is 1. The number of hydrogen-bond donors (Lipinski definition) is 2. The van der Waals surface area contributed by atoms with Crippen LogP contribution >= 0.6 is 24.0 Å². The predicted octanol–water partition coefficient (Wildman–Crippen LogP) is 1.54. The normalized spacial score (nSPS) is 16.0. The van der Waals surface area contributed by atoms with E-state index in [0.29, 0.717) is 12.6 Å². The van der Waals surface area contributed by atoms with Crippen molar-refractivity contribution in [3.8, 4) is 0 Å². The third-order valence-electron chi connectivity index (χ3n) is 4.50. The Morgan fingerprint density at radius 1 is 1.25 bits per heavy atom. The van der Waals surface area contributed by atoms with E-state index in [1.54, 1.807) is 26.3 Å². The number of aliphatic imine (C=N–C) groups is 1. The minimum atomic E-state index is -3.66. The number of sulfonamides is 1. The first kappa shape index (κ1) is 25.1. The average Bonchev–Trinajstić information content (AvgIpc) is 2.66. The zero-order valence-electron chi connectivity index (χ0n) is 16.5. The number of ether oxygens (including phenoxy) is 2. The van der Waals surface area contributed by atoms with Crippen LogP contribution in [0.4, 0.5) is 0 Å². The van der Waals surface area contributed by atoms with E-state index >= 15 is 0 Å². The lowest BCUT2D eigenvalue weighted by Gasteiger charge is -2.34. The largest absolute Gasteiger partial charge is 0.385 e. The predicted molar refractivity (Wildman–Crippen MR) is 120 cm³/mol. The summed E-state index contributed by atoms with van der Waals surface area (Å²) in [5.41, 5.74) is 0.958. The second kappa shape index (κ2) is 12.6. The quantitative estimate of drug-likeness (QED) is 0.231. The van der Waals surface area contributed by atoms with Gasteiger partial charge in [0.05, 0.1) is 11.0 Å². The number of hydrogen-bond acceptors (Lipinski definition) is 5. The highest BCUT2D eigenvalue weighted by atomic mass is 127. The summed E-state index contributed by atoms with van der Waals surface area (Å²) in [5.74, 6) is 0.836. The molecular weight excluding hydrogens is 495 g/mol. The van der Waals surface area contributed by atoms with Crippen LogP contribution in [0.1, 0.15) is 24.8 Å². The molecule has 28 heavy (non-hydrogen) atoms. The van der Waals surface area contributed by atoms with Gasteiger partial charge in [-0.15, -0.1) is 24.0 Å². The summed E-state index contributed by atoms with van der Waals surface area (Å²) in [7, 11) is -0.196. The van der Waals surface area contributed by atoms with E-state index in [9.17, 15) is 8.42 Å². The molecule has 10 heteroatoms. The van der Waals surface area contributed by atoms with Gasteiger partial charge in [-0.2, -0.15) is 0 Å². The SMILES string of the molecule is CN=C(NCc1ccc(S(N)(=O)=O)cc1)N1CCC(OCCCOC)CC1.I. The van der Waals surface area contributed by atoms with Crippen LogP contribution in [0.5, 0.6) is 0 Å². The van der Waals surface area contributed by atoms with Crippen molar-refractivity contribution < 1.29 is 17.9 Å². The highest BCUT2D eigenvalue weighted by Crippen LogP contribution is 2.14. The zero-order chi connectivity index (χ0) is 19.7. The van der Waals surface area contributed by atoms with Gasteiger partial charge in [-0.05, 0) is 37.0 Å². The number of piperidine rings is 1. The summed E-state index contributed by atoms with van der Waals surface area (Å²) in [6, 6.07) is 6.53. The third-order valence-corrected chi connectivity index (χ3v) is 5.43. The van der Waals surface area contributed by atoms with Crippen LogP contribution in [-0.2, 0) is 26.0 Å². The second-order valence-corrected chi connectivity index (χ2v) is 8.05. The van der Waals surface area contributed by atoms with Gasteiger partial charge in [0.2, 0.25) is 10.0 Å². The van der Waals surface area contributed by atoms with Crippen LogP contribution in [0, 0.1) is 0 Å². The van der Waals surface area contributed by atoms with Crippen LogP contribution in [-0.4, -0.2) is 65.8 Å². The van der Waals surface area contributed by atoms with E-state index < -0.39 is 10.0 Å². The molecule has 0 spiro atoms. The lowest BCUT2D eigenvalue weighted by Crippen LogP contribution is -2.46. The highest BCUT2D eigenvalue weighted by Gasteiger charge is 2.21. The molecule has 1 aromatic carbocycles. The maximum absolute atomic E-state index is 11.3. The first-order valence-electron chi connectivity index (χ1n) is 9.12. The van der Waals surface area contributed by atoms with E-state index in [1.807, 2.05) is 0 Å². The Labute approximate surface area is 184 Å². The highest BCUT2D eigenvalue weighted by molar-refractivity contribution is 14.0.